The Bertz CT molecular complexity index is 1280. The summed E-state index contributed by atoms with van der Waals surface area (Å²) in [5.74, 6) is -2.54. The first kappa shape index (κ1) is 28.9. The van der Waals surface area contributed by atoms with Crippen molar-refractivity contribution in [1.29, 1.82) is 0 Å². The van der Waals surface area contributed by atoms with E-state index in [1.165, 1.54) is 0 Å². The molecule has 212 valence electrons. The highest BCUT2D eigenvalue weighted by Crippen LogP contribution is 2.42. The second kappa shape index (κ2) is 12.4. The monoisotopic (exact) mass is 548 g/mol. The number of likely N-dealkylation sites (tertiary alicyclic amines) is 1. The average Bonchev–Trinajstić information content (AvgIpc) is 2.94. The van der Waals surface area contributed by atoms with Crippen LogP contribution in [0.5, 0.6) is 5.75 Å². The van der Waals surface area contributed by atoms with E-state index >= 15 is 4.39 Å². The number of alkyl halides is 1. The fraction of sp³-hybridized carbons (Fsp3) is 0.483. The van der Waals surface area contributed by atoms with Crippen molar-refractivity contribution in [2.45, 2.75) is 31.9 Å². The van der Waals surface area contributed by atoms with Gasteiger partial charge in [-0.2, -0.15) is 0 Å². The zero-order valence-electron chi connectivity index (χ0n) is 22.6. The van der Waals surface area contributed by atoms with E-state index in [-0.39, 0.29) is 18.7 Å². The summed E-state index contributed by atoms with van der Waals surface area (Å²) in [6.45, 7) is 2.17. The van der Waals surface area contributed by atoms with E-state index in [9.17, 15) is 18.3 Å². The van der Waals surface area contributed by atoms with E-state index in [1.54, 1.807) is 19.4 Å². The maximum atomic E-state index is 16.0. The van der Waals surface area contributed by atoms with Gasteiger partial charge < -0.3 is 25.0 Å². The standard InChI is InChI=1S/C29H36F4N4O2/c1-36(2)26-17-35-24-5-4-20(39-3)16-21(24)27(26)22(31)6-7-29(18-38)8-11-37(12-9-29)13-10-34-25-15-19(30)14-23(32)28(25)33/h4-5,14-17,22,34,38H,6-13,18H2,1-3H3/t22-/m0/s1. The predicted molar refractivity (Wildman–Crippen MR) is 146 cm³/mol. The van der Waals surface area contributed by atoms with Gasteiger partial charge in [0.2, 0.25) is 0 Å². The van der Waals surface area contributed by atoms with Gasteiger partial charge in [-0.05, 0) is 62.4 Å². The van der Waals surface area contributed by atoms with E-state index in [2.05, 4.69) is 15.2 Å². The number of rotatable bonds is 11. The van der Waals surface area contributed by atoms with Crippen molar-refractivity contribution >= 4 is 22.3 Å². The number of aliphatic hydroxyl groups excluding tert-OH is 1. The molecule has 1 aromatic heterocycles. The van der Waals surface area contributed by atoms with Crippen molar-refractivity contribution in [2.24, 2.45) is 5.41 Å². The lowest BCUT2D eigenvalue weighted by molar-refractivity contribution is 0.0316. The second-order valence-corrected chi connectivity index (χ2v) is 10.5. The summed E-state index contributed by atoms with van der Waals surface area (Å²) in [6.07, 6.45) is 2.58. The molecule has 0 unspecified atom stereocenters. The molecule has 1 aliphatic heterocycles. The predicted octanol–water partition coefficient (Wildman–Crippen LogP) is 5.70. The first-order valence-electron chi connectivity index (χ1n) is 13.2. The minimum atomic E-state index is -1.26. The Morgan fingerprint density at radius 3 is 2.56 bits per heavy atom. The van der Waals surface area contributed by atoms with Gasteiger partial charge in [0.1, 0.15) is 17.7 Å². The molecule has 1 saturated heterocycles. The number of aromatic nitrogens is 1. The van der Waals surface area contributed by atoms with Crippen molar-refractivity contribution in [3.63, 3.8) is 0 Å². The highest BCUT2D eigenvalue weighted by atomic mass is 19.2. The van der Waals surface area contributed by atoms with Crippen molar-refractivity contribution in [3.05, 3.63) is 59.5 Å². The number of halogens is 4. The third kappa shape index (κ3) is 6.55. The Hall–Kier alpha value is -3.11. The molecule has 0 radical (unpaired) electrons. The maximum absolute atomic E-state index is 16.0. The number of fused-ring (bicyclic) bond motifs is 1. The zero-order chi connectivity index (χ0) is 28.2. The number of ether oxygens (including phenoxy) is 1. The van der Waals surface area contributed by atoms with Gasteiger partial charge in [0.05, 0.1) is 30.2 Å². The third-order valence-corrected chi connectivity index (χ3v) is 7.81. The lowest BCUT2D eigenvalue weighted by atomic mass is 9.74. The van der Waals surface area contributed by atoms with Gasteiger partial charge in [0.25, 0.3) is 0 Å². The van der Waals surface area contributed by atoms with Crippen LogP contribution in [-0.4, -0.2) is 69.0 Å². The van der Waals surface area contributed by atoms with Crippen LogP contribution in [0.25, 0.3) is 10.9 Å². The number of benzene rings is 2. The van der Waals surface area contributed by atoms with Crippen LogP contribution in [0, 0.1) is 22.9 Å². The molecule has 39 heavy (non-hydrogen) atoms. The molecule has 10 heteroatoms. The van der Waals surface area contributed by atoms with Crippen LogP contribution in [0.15, 0.2) is 36.5 Å². The highest BCUT2D eigenvalue weighted by Gasteiger charge is 2.35. The molecule has 0 spiro atoms. The van der Waals surface area contributed by atoms with Gasteiger partial charge in [-0.3, -0.25) is 4.98 Å². The maximum Gasteiger partial charge on any atom is 0.182 e. The first-order chi connectivity index (χ1) is 18.7. The number of hydrogen-bond acceptors (Lipinski definition) is 6. The summed E-state index contributed by atoms with van der Waals surface area (Å²) in [7, 11) is 5.29. The van der Waals surface area contributed by atoms with E-state index in [0.29, 0.717) is 79.4 Å². The molecule has 6 nitrogen and oxygen atoms in total. The van der Waals surface area contributed by atoms with E-state index < -0.39 is 29.0 Å². The van der Waals surface area contributed by atoms with Gasteiger partial charge in [0.15, 0.2) is 11.6 Å². The molecule has 0 amide bonds. The number of pyridine rings is 1. The third-order valence-electron chi connectivity index (χ3n) is 7.81. The van der Waals surface area contributed by atoms with E-state index in [0.717, 1.165) is 6.07 Å². The first-order valence-corrected chi connectivity index (χ1v) is 13.2. The summed E-state index contributed by atoms with van der Waals surface area (Å²) < 4.78 is 62.1. The van der Waals surface area contributed by atoms with Crippen molar-refractivity contribution < 1.29 is 27.4 Å². The van der Waals surface area contributed by atoms with Crippen LogP contribution < -0.4 is 15.0 Å². The number of piperidine rings is 1. The molecule has 2 heterocycles. The number of nitrogens with zero attached hydrogens (tertiary/aromatic N) is 3. The smallest absolute Gasteiger partial charge is 0.182 e. The Morgan fingerprint density at radius 2 is 1.90 bits per heavy atom. The van der Waals surface area contributed by atoms with Crippen molar-refractivity contribution in [1.82, 2.24) is 9.88 Å². The number of anilines is 2. The van der Waals surface area contributed by atoms with Gasteiger partial charge in [-0.25, -0.2) is 17.6 Å². The Kier molecular flexibility index (Phi) is 9.17. The molecule has 2 N–H and O–H groups in total. The van der Waals surface area contributed by atoms with Crippen molar-refractivity contribution in [3.8, 4) is 5.75 Å². The Balaban J connectivity index is 1.38. The number of aliphatic hydroxyl groups is 1. The summed E-state index contributed by atoms with van der Waals surface area (Å²) in [6, 6.07) is 6.89. The number of methoxy groups -OCH3 is 1. The van der Waals surface area contributed by atoms with Crippen LogP contribution in [0.2, 0.25) is 0 Å². The van der Waals surface area contributed by atoms with Crippen LogP contribution in [0.1, 0.15) is 37.4 Å². The lowest BCUT2D eigenvalue weighted by Gasteiger charge is -2.41. The molecule has 2 aromatic carbocycles. The highest BCUT2D eigenvalue weighted by molar-refractivity contribution is 5.88. The molecule has 0 bridgehead atoms. The average molecular weight is 549 g/mol. The van der Waals surface area contributed by atoms with Crippen LogP contribution in [0.4, 0.5) is 28.9 Å². The fourth-order valence-electron chi connectivity index (χ4n) is 5.34. The summed E-state index contributed by atoms with van der Waals surface area (Å²) in [4.78, 5) is 8.49. The second-order valence-electron chi connectivity index (χ2n) is 10.5. The van der Waals surface area contributed by atoms with Crippen molar-refractivity contribution in [2.75, 3.05) is 64.2 Å². The molecular weight excluding hydrogens is 512 g/mol. The van der Waals surface area contributed by atoms with Gasteiger partial charge in [0, 0.05) is 56.9 Å². The van der Waals surface area contributed by atoms with Crippen LogP contribution in [0.3, 0.4) is 0 Å². The Labute approximate surface area is 226 Å². The number of nitrogens with one attached hydrogen (secondary N) is 1. The van der Waals surface area contributed by atoms with E-state index in [1.807, 2.05) is 31.1 Å². The Morgan fingerprint density at radius 1 is 1.15 bits per heavy atom. The molecule has 0 aliphatic carbocycles. The SMILES string of the molecule is COc1ccc2ncc(N(C)C)c([C@@H](F)CCC3(CO)CCN(CCNc4cc(F)cc(F)c4F)CC3)c2c1. The quantitative estimate of drug-likeness (QED) is 0.237. The molecule has 1 fully saturated rings. The minimum absolute atomic E-state index is 0.0367. The minimum Gasteiger partial charge on any atom is -0.497 e. The summed E-state index contributed by atoms with van der Waals surface area (Å²) >= 11 is 0. The van der Waals surface area contributed by atoms with E-state index in [4.69, 9.17) is 4.74 Å². The zero-order valence-corrected chi connectivity index (χ0v) is 22.6. The molecule has 0 saturated carbocycles. The van der Waals surface area contributed by atoms with Gasteiger partial charge in [-0.1, -0.05) is 0 Å². The lowest BCUT2D eigenvalue weighted by Crippen LogP contribution is -2.43. The molecule has 1 atom stereocenters. The van der Waals surface area contributed by atoms with Crippen LogP contribution in [-0.2, 0) is 0 Å². The van der Waals surface area contributed by atoms with Gasteiger partial charge >= 0.3 is 0 Å². The number of hydrogen-bond donors (Lipinski definition) is 2. The molecular formula is C29H36F4N4O2. The molecule has 1 aliphatic rings. The molecule has 4 rings (SSSR count). The largest absolute Gasteiger partial charge is 0.497 e. The van der Waals surface area contributed by atoms with Gasteiger partial charge in [-0.15, -0.1) is 0 Å². The fourth-order valence-corrected chi connectivity index (χ4v) is 5.34. The summed E-state index contributed by atoms with van der Waals surface area (Å²) in [5, 5.41) is 13.8. The summed E-state index contributed by atoms with van der Waals surface area (Å²) in [5.41, 5.74) is 1.37. The van der Waals surface area contributed by atoms with Crippen LogP contribution >= 0.6 is 0 Å². The molecule has 3 aromatic rings. The normalized spacial score (nSPS) is 16.3. The topological polar surface area (TPSA) is 60.9 Å².